The molecule has 1 saturated heterocycles. The molecule has 1 amide bonds. The van der Waals surface area contributed by atoms with Gasteiger partial charge in [-0.2, -0.15) is 5.10 Å². The quantitative estimate of drug-likeness (QED) is 0.759. The molecule has 0 unspecified atom stereocenters. The zero-order chi connectivity index (χ0) is 19.5. The average Bonchev–Trinajstić information content (AvgIpc) is 3.24. The second-order valence-electron chi connectivity index (χ2n) is 7.01. The summed E-state index contributed by atoms with van der Waals surface area (Å²) in [7, 11) is 1.67. The predicted molar refractivity (Wildman–Crippen MR) is 110 cm³/mol. The molecule has 28 heavy (non-hydrogen) atoms. The van der Waals surface area contributed by atoms with E-state index in [1.54, 1.807) is 13.3 Å². The minimum Gasteiger partial charge on any atom is -0.497 e. The average molecular weight is 376 g/mol. The highest BCUT2D eigenvalue weighted by Gasteiger charge is 2.25. The number of anilines is 1. The number of aromatic amines is 1. The summed E-state index contributed by atoms with van der Waals surface area (Å²) in [6.07, 6.45) is 1.63. The number of nitrogens with one attached hydrogen (secondary N) is 1. The summed E-state index contributed by atoms with van der Waals surface area (Å²) in [5.74, 6) is 0.867. The van der Waals surface area contributed by atoms with Crippen molar-refractivity contribution in [2.24, 2.45) is 0 Å². The maximum atomic E-state index is 13.1. The Morgan fingerprint density at radius 1 is 1.07 bits per heavy atom. The van der Waals surface area contributed by atoms with E-state index < -0.39 is 0 Å². The predicted octanol–water partition coefficient (Wildman–Crippen LogP) is 3.36. The van der Waals surface area contributed by atoms with Gasteiger partial charge in [-0.1, -0.05) is 35.9 Å². The van der Waals surface area contributed by atoms with Crippen LogP contribution in [0.5, 0.6) is 5.75 Å². The Balaban J connectivity index is 1.46. The van der Waals surface area contributed by atoms with Crippen LogP contribution in [0.2, 0.25) is 0 Å². The molecule has 0 bridgehead atoms. The van der Waals surface area contributed by atoms with E-state index in [2.05, 4.69) is 21.2 Å². The van der Waals surface area contributed by atoms with Gasteiger partial charge in [0.1, 0.15) is 5.75 Å². The Kier molecular flexibility index (Phi) is 5.02. The number of hydrogen-bond acceptors (Lipinski definition) is 4. The summed E-state index contributed by atoms with van der Waals surface area (Å²) in [4.78, 5) is 17.3. The normalized spacial score (nSPS) is 14.2. The number of aromatic nitrogens is 2. The summed E-state index contributed by atoms with van der Waals surface area (Å²) < 4.78 is 5.31. The SMILES string of the molecule is COc1cccc(N2CCN(C(=O)c3cn[nH]c3-c3ccc(C)cc3)CC2)c1. The molecule has 144 valence electrons. The fourth-order valence-electron chi connectivity index (χ4n) is 3.53. The molecule has 1 aliphatic rings. The highest BCUT2D eigenvalue weighted by Crippen LogP contribution is 2.25. The number of piperazine rings is 1. The molecule has 0 atom stereocenters. The summed E-state index contributed by atoms with van der Waals surface area (Å²) in [5, 5.41) is 7.11. The van der Waals surface area contributed by atoms with Gasteiger partial charge in [0.05, 0.1) is 24.6 Å². The number of aryl methyl sites for hydroxylation is 1. The molecule has 6 nitrogen and oxygen atoms in total. The van der Waals surface area contributed by atoms with E-state index in [0.29, 0.717) is 18.7 Å². The molecule has 1 aromatic heterocycles. The van der Waals surface area contributed by atoms with Crippen molar-refractivity contribution in [3.63, 3.8) is 0 Å². The zero-order valence-electron chi connectivity index (χ0n) is 16.2. The molecule has 6 heteroatoms. The van der Waals surface area contributed by atoms with Crippen molar-refractivity contribution in [1.82, 2.24) is 15.1 Å². The third-order valence-electron chi connectivity index (χ3n) is 5.20. The van der Waals surface area contributed by atoms with Crippen molar-refractivity contribution < 1.29 is 9.53 Å². The van der Waals surface area contributed by atoms with Crippen molar-refractivity contribution in [1.29, 1.82) is 0 Å². The molecule has 1 fully saturated rings. The topological polar surface area (TPSA) is 61.5 Å². The van der Waals surface area contributed by atoms with E-state index in [1.807, 2.05) is 54.3 Å². The third-order valence-corrected chi connectivity index (χ3v) is 5.20. The van der Waals surface area contributed by atoms with Gasteiger partial charge in [0, 0.05) is 43.5 Å². The first-order chi connectivity index (χ1) is 13.7. The van der Waals surface area contributed by atoms with Gasteiger partial charge in [-0.3, -0.25) is 9.89 Å². The molecule has 0 spiro atoms. The van der Waals surface area contributed by atoms with Crippen molar-refractivity contribution >= 4 is 11.6 Å². The molecular formula is C22H24N4O2. The van der Waals surface area contributed by atoms with Gasteiger partial charge in [0.25, 0.3) is 5.91 Å². The minimum absolute atomic E-state index is 0.0228. The van der Waals surface area contributed by atoms with Gasteiger partial charge in [-0.25, -0.2) is 0 Å². The van der Waals surface area contributed by atoms with Crippen LogP contribution in [-0.2, 0) is 0 Å². The van der Waals surface area contributed by atoms with Gasteiger partial charge in [-0.05, 0) is 19.1 Å². The van der Waals surface area contributed by atoms with Crippen LogP contribution in [0.3, 0.4) is 0 Å². The van der Waals surface area contributed by atoms with Gasteiger partial charge < -0.3 is 14.5 Å². The van der Waals surface area contributed by atoms with E-state index in [-0.39, 0.29) is 5.91 Å². The van der Waals surface area contributed by atoms with E-state index >= 15 is 0 Å². The van der Waals surface area contributed by atoms with Crippen molar-refractivity contribution in [3.05, 3.63) is 65.9 Å². The molecule has 3 aromatic rings. The molecular weight excluding hydrogens is 352 g/mol. The standard InChI is InChI=1S/C22H24N4O2/c1-16-6-8-17(9-7-16)21-20(15-23-24-21)22(27)26-12-10-25(11-13-26)18-4-3-5-19(14-18)28-2/h3-9,14-15H,10-13H2,1-2H3,(H,23,24). The molecule has 1 N–H and O–H groups in total. The molecule has 0 aliphatic carbocycles. The minimum atomic E-state index is 0.0228. The Morgan fingerprint density at radius 3 is 2.54 bits per heavy atom. The number of hydrogen-bond donors (Lipinski definition) is 1. The Bertz CT molecular complexity index is 957. The van der Waals surface area contributed by atoms with Crippen LogP contribution >= 0.6 is 0 Å². The number of carbonyl (C=O) groups excluding carboxylic acids is 1. The highest BCUT2D eigenvalue weighted by molar-refractivity contribution is 5.99. The largest absolute Gasteiger partial charge is 0.497 e. The second kappa shape index (κ2) is 7.76. The van der Waals surface area contributed by atoms with Crippen LogP contribution in [0.4, 0.5) is 5.69 Å². The molecule has 0 radical (unpaired) electrons. The fraction of sp³-hybridized carbons (Fsp3) is 0.273. The van der Waals surface area contributed by atoms with Crippen LogP contribution < -0.4 is 9.64 Å². The van der Waals surface area contributed by atoms with Crippen LogP contribution in [0.1, 0.15) is 15.9 Å². The van der Waals surface area contributed by atoms with E-state index in [9.17, 15) is 4.79 Å². The lowest BCUT2D eigenvalue weighted by molar-refractivity contribution is 0.0747. The lowest BCUT2D eigenvalue weighted by Gasteiger charge is -2.36. The van der Waals surface area contributed by atoms with E-state index in [0.717, 1.165) is 35.8 Å². The number of carbonyl (C=O) groups is 1. The van der Waals surface area contributed by atoms with Crippen molar-refractivity contribution in [3.8, 4) is 17.0 Å². The molecule has 2 aromatic carbocycles. The molecule has 0 saturated carbocycles. The number of H-pyrrole nitrogens is 1. The number of ether oxygens (including phenoxy) is 1. The molecule has 4 rings (SSSR count). The monoisotopic (exact) mass is 376 g/mol. The van der Waals surface area contributed by atoms with Crippen LogP contribution in [0, 0.1) is 6.92 Å². The Labute approximate surface area is 164 Å². The zero-order valence-corrected chi connectivity index (χ0v) is 16.2. The second-order valence-corrected chi connectivity index (χ2v) is 7.01. The van der Waals surface area contributed by atoms with E-state index in [4.69, 9.17) is 4.74 Å². The summed E-state index contributed by atoms with van der Waals surface area (Å²) in [5.41, 5.74) is 4.68. The smallest absolute Gasteiger partial charge is 0.257 e. The first-order valence-corrected chi connectivity index (χ1v) is 9.44. The molecule has 1 aliphatic heterocycles. The fourth-order valence-corrected chi connectivity index (χ4v) is 3.53. The highest BCUT2D eigenvalue weighted by atomic mass is 16.5. The third kappa shape index (κ3) is 3.58. The number of nitrogens with zero attached hydrogens (tertiary/aromatic N) is 3. The molecule has 2 heterocycles. The lowest BCUT2D eigenvalue weighted by Crippen LogP contribution is -2.48. The van der Waals surface area contributed by atoms with E-state index in [1.165, 1.54) is 5.56 Å². The van der Waals surface area contributed by atoms with Crippen LogP contribution in [0.25, 0.3) is 11.3 Å². The Morgan fingerprint density at radius 2 is 1.82 bits per heavy atom. The van der Waals surface area contributed by atoms with Gasteiger partial charge in [0.2, 0.25) is 0 Å². The maximum absolute atomic E-state index is 13.1. The van der Waals surface area contributed by atoms with Crippen molar-refractivity contribution in [2.45, 2.75) is 6.92 Å². The van der Waals surface area contributed by atoms with Crippen LogP contribution in [0.15, 0.2) is 54.7 Å². The number of benzene rings is 2. The Hall–Kier alpha value is -3.28. The van der Waals surface area contributed by atoms with Gasteiger partial charge >= 0.3 is 0 Å². The number of methoxy groups -OCH3 is 1. The summed E-state index contributed by atoms with van der Waals surface area (Å²) in [6.45, 7) is 4.97. The van der Waals surface area contributed by atoms with Crippen LogP contribution in [-0.4, -0.2) is 54.3 Å². The first-order valence-electron chi connectivity index (χ1n) is 9.44. The maximum Gasteiger partial charge on any atom is 0.257 e. The van der Waals surface area contributed by atoms with Gasteiger partial charge in [0.15, 0.2) is 0 Å². The summed E-state index contributed by atoms with van der Waals surface area (Å²) in [6, 6.07) is 16.1. The lowest BCUT2D eigenvalue weighted by atomic mass is 10.1. The van der Waals surface area contributed by atoms with Crippen molar-refractivity contribution in [2.75, 3.05) is 38.2 Å². The first kappa shape index (κ1) is 18.1. The summed E-state index contributed by atoms with van der Waals surface area (Å²) >= 11 is 0. The van der Waals surface area contributed by atoms with Gasteiger partial charge in [-0.15, -0.1) is 0 Å². The number of amides is 1. The number of rotatable bonds is 4.